The summed E-state index contributed by atoms with van der Waals surface area (Å²) < 4.78 is 44.2. The lowest BCUT2D eigenvalue weighted by molar-refractivity contribution is -0.137. The van der Waals surface area contributed by atoms with E-state index in [2.05, 4.69) is 9.89 Å². The highest BCUT2D eigenvalue weighted by molar-refractivity contribution is 6.06. The summed E-state index contributed by atoms with van der Waals surface area (Å²) in [7, 11) is 0. The topological polar surface area (TPSA) is 41.9 Å². The third kappa shape index (κ3) is 4.64. The van der Waals surface area contributed by atoms with Crippen molar-refractivity contribution in [2.45, 2.75) is 32.0 Å². The van der Waals surface area contributed by atoms with Crippen LogP contribution in [0.3, 0.4) is 0 Å². The summed E-state index contributed by atoms with van der Waals surface area (Å²) >= 11 is 0. The minimum Gasteiger partial charge on any atom is -0.457 e. The van der Waals surface area contributed by atoms with Gasteiger partial charge in [-0.15, -0.1) is 0 Å². The van der Waals surface area contributed by atoms with Crippen LogP contribution in [0.4, 0.5) is 13.2 Å². The number of benzene rings is 3. The highest BCUT2D eigenvalue weighted by Gasteiger charge is 2.39. The van der Waals surface area contributed by atoms with Crippen molar-refractivity contribution in [2.75, 3.05) is 13.1 Å². The number of rotatable bonds is 5. The first-order valence-corrected chi connectivity index (χ1v) is 11.0. The Hall–Kier alpha value is -3.19. The Morgan fingerprint density at radius 1 is 1.03 bits per heavy atom. The summed E-state index contributed by atoms with van der Waals surface area (Å²) in [6.07, 6.45) is -1.83. The van der Waals surface area contributed by atoms with Gasteiger partial charge in [-0.3, -0.25) is 9.69 Å². The number of likely N-dealkylation sites (tertiary alicyclic amines) is 1. The SMILES string of the molecule is C/C(=N\C(=O)c1ccc2c(Oc3ccc(C(F)(F)F)cc3)cccc2c1)C1CN(C2CC2)C1. The van der Waals surface area contributed by atoms with Gasteiger partial charge in [-0.1, -0.05) is 12.1 Å². The number of amides is 1. The molecule has 2 fully saturated rings. The molecule has 170 valence electrons. The molecule has 0 N–H and O–H groups in total. The average molecular weight is 452 g/mol. The number of alkyl halides is 3. The van der Waals surface area contributed by atoms with E-state index in [0.717, 1.165) is 47.7 Å². The van der Waals surface area contributed by atoms with Crippen molar-refractivity contribution in [2.24, 2.45) is 10.9 Å². The zero-order chi connectivity index (χ0) is 23.2. The van der Waals surface area contributed by atoms with Crippen molar-refractivity contribution >= 4 is 22.4 Å². The third-order valence-corrected chi connectivity index (χ3v) is 6.34. The van der Waals surface area contributed by atoms with Gasteiger partial charge in [0, 0.05) is 41.7 Å². The van der Waals surface area contributed by atoms with Gasteiger partial charge in [-0.2, -0.15) is 13.2 Å². The maximum atomic E-state index is 12.8. The number of halogens is 3. The van der Waals surface area contributed by atoms with E-state index < -0.39 is 11.7 Å². The van der Waals surface area contributed by atoms with E-state index in [1.807, 2.05) is 13.0 Å². The van der Waals surface area contributed by atoms with Crippen LogP contribution in [0.2, 0.25) is 0 Å². The van der Waals surface area contributed by atoms with Crippen LogP contribution < -0.4 is 4.74 Å². The maximum absolute atomic E-state index is 12.8. The molecule has 1 amide bonds. The summed E-state index contributed by atoms with van der Waals surface area (Å²) in [5.74, 6) is 0.879. The van der Waals surface area contributed by atoms with Crippen LogP contribution >= 0.6 is 0 Å². The highest BCUT2D eigenvalue weighted by Crippen LogP contribution is 2.35. The van der Waals surface area contributed by atoms with Crippen molar-refractivity contribution in [3.05, 3.63) is 71.8 Å². The summed E-state index contributed by atoms with van der Waals surface area (Å²) in [4.78, 5) is 19.5. The van der Waals surface area contributed by atoms with E-state index in [1.54, 1.807) is 30.3 Å². The van der Waals surface area contributed by atoms with Crippen molar-refractivity contribution < 1.29 is 22.7 Å². The fraction of sp³-hybridized carbons (Fsp3) is 0.308. The zero-order valence-corrected chi connectivity index (χ0v) is 18.1. The summed E-state index contributed by atoms with van der Waals surface area (Å²) in [5.41, 5.74) is 0.636. The number of carbonyl (C=O) groups excluding carboxylic acids is 1. The monoisotopic (exact) mass is 452 g/mol. The first kappa shape index (κ1) is 21.6. The first-order valence-electron chi connectivity index (χ1n) is 11.0. The molecule has 33 heavy (non-hydrogen) atoms. The standard InChI is InChI=1S/C26H23F3N2O2/c1-16(19-14-31(15-19)21-8-9-21)30-25(32)18-5-12-23-17(13-18)3-2-4-24(23)33-22-10-6-20(7-11-22)26(27,28)29/h2-7,10-13,19,21H,8-9,14-15H2,1H3/b30-16+. The third-order valence-electron chi connectivity index (χ3n) is 6.34. The molecule has 3 aromatic carbocycles. The summed E-state index contributed by atoms with van der Waals surface area (Å²) in [5, 5.41) is 1.55. The van der Waals surface area contributed by atoms with E-state index in [0.29, 0.717) is 23.0 Å². The van der Waals surface area contributed by atoms with Gasteiger partial charge in [-0.05, 0) is 73.7 Å². The minimum absolute atomic E-state index is 0.270. The molecule has 1 aliphatic heterocycles. The Morgan fingerprint density at radius 2 is 1.76 bits per heavy atom. The second kappa shape index (κ2) is 8.30. The molecule has 3 aromatic rings. The molecule has 0 spiro atoms. The van der Waals surface area contributed by atoms with Crippen molar-refractivity contribution in [1.82, 2.24) is 4.90 Å². The van der Waals surface area contributed by atoms with Gasteiger partial charge in [0.1, 0.15) is 11.5 Å². The molecular weight excluding hydrogens is 429 g/mol. The van der Waals surface area contributed by atoms with Gasteiger partial charge in [0.25, 0.3) is 5.91 Å². The molecule has 4 nitrogen and oxygen atoms in total. The molecule has 0 radical (unpaired) electrons. The van der Waals surface area contributed by atoms with Crippen LogP contribution in [0.25, 0.3) is 10.8 Å². The highest BCUT2D eigenvalue weighted by atomic mass is 19.4. The lowest BCUT2D eigenvalue weighted by Gasteiger charge is -2.39. The quantitative estimate of drug-likeness (QED) is 0.424. The molecule has 2 aliphatic rings. The van der Waals surface area contributed by atoms with Crippen LogP contribution in [-0.4, -0.2) is 35.7 Å². The van der Waals surface area contributed by atoms with Crippen molar-refractivity contribution in [1.29, 1.82) is 0 Å². The smallest absolute Gasteiger partial charge is 0.416 e. The van der Waals surface area contributed by atoms with Crippen molar-refractivity contribution in [3.63, 3.8) is 0 Å². The Labute approximate surface area is 189 Å². The molecule has 0 bridgehead atoms. The molecule has 5 rings (SSSR count). The van der Waals surface area contributed by atoms with Gasteiger partial charge in [0.2, 0.25) is 0 Å². The number of hydrogen-bond donors (Lipinski definition) is 0. The predicted molar refractivity (Wildman–Crippen MR) is 121 cm³/mol. The molecule has 1 saturated heterocycles. The van der Waals surface area contributed by atoms with E-state index >= 15 is 0 Å². The zero-order valence-electron chi connectivity index (χ0n) is 18.1. The number of nitrogens with zero attached hydrogens (tertiary/aromatic N) is 2. The Bertz CT molecular complexity index is 1220. The minimum atomic E-state index is -4.39. The number of carbonyl (C=O) groups is 1. The van der Waals surface area contributed by atoms with Gasteiger partial charge < -0.3 is 4.74 Å². The Kier molecular flexibility index (Phi) is 5.44. The lowest BCUT2D eigenvalue weighted by Crippen LogP contribution is -2.50. The number of ether oxygens (including phenoxy) is 1. The Morgan fingerprint density at radius 3 is 2.42 bits per heavy atom. The molecule has 1 saturated carbocycles. The first-order chi connectivity index (χ1) is 15.8. The maximum Gasteiger partial charge on any atom is 0.416 e. The second-order valence-electron chi connectivity index (χ2n) is 8.76. The molecule has 0 atom stereocenters. The van der Waals surface area contributed by atoms with E-state index in [9.17, 15) is 18.0 Å². The molecule has 7 heteroatoms. The fourth-order valence-electron chi connectivity index (χ4n) is 4.15. The molecule has 1 heterocycles. The van der Waals surface area contributed by atoms with E-state index in [1.165, 1.54) is 25.0 Å². The van der Waals surface area contributed by atoms with E-state index in [-0.39, 0.29) is 5.91 Å². The number of hydrogen-bond acceptors (Lipinski definition) is 3. The summed E-state index contributed by atoms with van der Waals surface area (Å²) in [6, 6.07) is 16.0. The van der Waals surface area contributed by atoms with Gasteiger partial charge in [0.15, 0.2) is 0 Å². The van der Waals surface area contributed by atoms with Crippen LogP contribution in [0.5, 0.6) is 11.5 Å². The molecule has 0 unspecified atom stereocenters. The lowest BCUT2D eigenvalue weighted by atomic mass is 9.95. The Balaban J connectivity index is 1.32. The van der Waals surface area contributed by atoms with Crippen LogP contribution in [0.1, 0.15) is 35.7 Å². The van der Waals surface area contributed by atoms with E-state index in [4.69, 9.17) is 4.74 Å². The normalized spacial score (nSPS) is 17.8. The van der Waals surface area contributed by atoms with Gasteiger partial charge >= 0.3 is 6.18 Å². The molecule has 0 aromatic heterocycles. The largest absolute Gasteiger partial charge is 0.457 e. The molecular formula is C26H23F3N2O2. The van der Waals surface area contributed by atoms with Crippen LogP contribution in [-0.2, 0) is 6.18 Å². The number of aliphatic imine (C=N–C) groups is 1. The average Bonchev–Trinajstić information content (AvgIpc) is 3.57. The number of fused-ring (bicyclic) bond motifs is 1. The van der Waals surface area contributed by atoms with Gasteiger partial charge in [0.05, 0.1) is 5.56 Å². The second-order valence-corrected chi connectivity index (χ2v) is 8.76. The predicted octanol–water partition coefficient (Wildman–Crippen LogP) is 6.35. The van der Waals surface area contributed by atoms with Crippen LogP contribution in [0.15, 0.2) is 65.7 Å². The van der Waals surface area contributed by atoms with Crippen LogP contribution in [0, 0.1) is 5.92 Å². The van der Waals surface area contributed by atoms with Crippen molar-refractivity contribution in [3.8, 4) is 11.5 Å². The van der Waals surface area contributed by atoms with Gasteiger partial charge in [-0.25, -0.2) is 4.99 Å². The molecule has 1 aliphatic carbocycles. The summed E-state index contributed by atoms with van der Waals surface area (Å²) in [6.45, 7) is 3.88. The fourth-order valence-corrected chi connectivity index (χ4v) is 4.15.